The van der Waals surface area contributed by atoms with Crippen LogP contribution in [0.25, 0.3) is 0 Å². The van der Waals surface area contributed by atoms with Crippen LogP contribution in [0.5, 0.6) is 0 Å². The van der Waals surface area contributed by atoms with Crippen molar-refractivity contribution in [2.75, 3.05) is 0 Å². The lowest BCUT2D eigenvalue weighted by molar-refractivity contribution is -0.125. The smallest absolute Gasteiger partial charge is 0.143 e. The third kappa shape index (κ3) is 3.27. The summed E-state index contributed by atoms with van der Waals surface area (Å²) < 4.78 is 28.0. The Bertz CT molecular complexity index is 513. The van der Waals surface area contributed by atoms with Crippen LogP contribution in [-0.2, 0) is 11.2 Å². The maximum absolute atomic E-state index is 14.0. The first-order chi connectivity index (χ1) is 9.40. The standard InChI is InChI=1S/C16H19BrF2O/c1-9(2)10-3-6-15(20)11(7-10)8-12-14(18)5-4-13(17)16(12)19/h4-5,9-11H,3,6-8H2,1-2H3. The molecule has 0 radical (unpaired) electrons. The molecular weight excluding hydrogens is 326 g/mol. The minimum Gasteiger partial charge on any atom is -0.299 e. The minimum atomic E-state index is -0.579. The summed E-state index contributed by atoms with van der Waals surface area (Å²) >= 11 is 3.07. The van der Waals surface area contributed by atoms with Gasteiger partial charge < -0.3 is 0 Å². The van der Waals surface area contributed by atoms with Gasteiger partial charge in [-0.25, -0.2) is 8.78 Å². The normalized spacial score (nSPS) is 23.4. The molecule has 2 unspecified atom stereocenters. The highest BCUT2D eigenvalue weighted by Gasteiger charge is 2.31. The molecule has 0 spiro atoms. The zero-order chi connectivity index (χ0) is 14.9. The summed E-state index contributed by atoms with van der Waals surface area (Å²) in [6.45, 7) is 4.27. The van der Waals surface area contributed by atoms with Crippen molar-refractivity contribution in [3.05, 3.63) is 33.8 Å². The highest BCUT2D eigenvalue weighted by molar-refractivity contribution is 9.10. The number of carbonyl (C=O) groups excluding carboxylic acids is 1. The summed E-state index contributed by atoms with van der Waals surface area (Å²) in [7, 11) is 0. The van der Waals surface area contributed by atoms with E-state index in [1.807, 2.05) is 0 Å². The summed E-state index contributed by atoms with van der Waals surface area (Å²) in [4.78, 5) is 12.0. The molecule has 1 nitrogen and oxygen atoms in total. The lowest BCUT2D eigenvalue weighted by Crippen LogP contribution is -2.29. The predicted molar refractivity (Wildman–Crippen MR) is 78.4 cm³/mol. The first-order valence-electron chi connectivity index (χ1n) is 7.05. The van der Waals surface area contributed by atoms with E-state index in [1.165, 1.54) is 12.1 Å². The third-order valence-electron chi connectivity index (χ3n) is 4.34. The molecule has 4 heteroatoms. The van der Waals surface area contributed by atoms with Crippen LogP contribution in [0.3, 0.4) is 0 Å². The number of ketones is 1. The van der Waals surface area contributed by atoms with Crippen LogP contribution >= 0.6 is 15.9 Å². The molecule has 0 saturated heterocycles. The molecule has 0 N–H and O–H groups in total. The maximum Gasteiger partial charge on any atom is 0.143 e. The molecular formula is C16H19BrF2O. The number of rotatable bonds is 3. The Kier molecular flexibility index (Phi) is 4.95. The van der Waals surface area contributed by atoms with Gasteiger partial charge in [0.2, 0.25) is 0 Å². The number of hydrogen-bond donors (Lipinski definition) is 0. The molecule has 1 aliphatic rings. The number of benzene rings is 1. The van der Waals surface area contributed by atoms with Crippen LogP contribution in [-0.4, -0.2) is 5.78 Å². The monoisotopic (exact) mass is 344 g/mol. The van der Waals surface area contributed by atoms with Crippen molar-refractivity contribution in [3.8, 4) is 0 Å². The third-order valence-corrected chi connectivity index (χ3v) is 4.95. The zero-order valence-electron chi connectivity index (χ0n) is 11.8. The summed E-state index contributed by atoms with van der Waals surface area (Å²) in [5.74, 6) is -0.288. The average molecular weight is 345 g/mol. The number of Topliss-reactive ketones (excluding diaryl/α,β-unsaturated/α-hetero) is 1. The largest absolute Gasteiger partial charge is 0.299 e. The van der Waals surface area contributed by atoms with Gasteiger partial charge in [0.15, 0.2) is 0 Å². The van der Waals surface area contributed by atoms with E-state index < -0.39 is 11.6 Å². The lowest BCUT2D eigenvalue weighted by Gasteiger charge is -2.30. The number of carbonyl (C=O) groups is 1. The van der Waals surface area contributed by atoms with Gasteiger partial charge in [-0.2, -0.15) is 0 Å². The molecule has 20 heavy (non-hydrogen) atoms. The number of hydrogen-bond acceptors (Lipinski definition) is 1. The molecule has 0 amide bonds. The van der Waals surface area contributed by atoms with Crippen LogP contribution in [0, 0.1) is 29.4 Å². The van der Waals surface area contributed by atoms with Crippen molar-refractivity contribution < 1.29 is 13.6 Å². The molecule has 1 aromatic carbocycles. The van der Waals surface area contributed by atoms with E-state index in [4.69, 9.17) is 0 Å². The van der Waals surface area contributed by atoms with Gasteiger partial charge in [-0.1, -0.05) is 13.8 Å². The molecule has 1 fully saturated rings. The fourth-order valence-corrected chi connectivity index (χ4v) is 3.32. The van der Waals surface area contributed by atoms with Crippen molar-refractivity contribution in [3.63, 3.8) is 0 Å². The quantitative estimate of drug-likeness (QED) is 0.712. The second-order valence-corrected chi connectivity index (χ2v) is 6.82. The van der Waals surface area contributed by atoms with Crippen molar-refractivity contribution in [1.29, 1.82) is 0 Å². The Morgan fingerprint density at radius 2 is 2.05 bits per heavy atom. The van der Waals surface area contributed by atoms with Crippen molar-refractivity contribution in [1.82, 2.24) is 0 Å². The second-order valence-electron chi connectivity index (χ2n) is 5.97. The molecule has 0 heterocycles. The lowest BCUT2D eigenvalue weighted by atomic mass is 9.73. The molecule has 0 bridgehead atoms. The summed E-state index contributed by atoms with van der Waals surface area (Å²) in [6, 6.07) is 2.60. The van der Waals surface area contributed by atoms with Crippen molar-refractivity contribution in [2.45, 2.75) is 39.5 Å². The highest BCUT2D eigenvalue weighted by atomic mass is 79.9. The van der Waals surface area contributed by atoms with Gasteiger partial charge in [0.05, 0.1) is 4.47 Å². The predicted octanol–water partition coefficient (Wildman–Crippen LogP) is 4.91. The molecule has 0 aromatic heterocycles. The Labute approximate surface area is 126 Å². The molecule has 110 valence electrons. The van der Waals surface area contributed by atoms with Crippen molar-refractivity contribution >= 4 is 21.7 Å². The second kappa shape index (κ2) is 6.33. The minimum absolute atomic E-state index is 0.0298. The maximum atomic E-state index is 14.0. The Morgan fingerprint density at radius 3 is 2.70 bits per heavy atom. The van der Waals surface area contributed by atoms with E-state index in [0.717, 1.165) is 12.8 Å². The fourth-order valence-electron chi connectivity index (χ4n) is 2.95. The van der Waals surface area contributed by atoms with E-state index in [2.05, 4.69) is 29.8 Å². The van der Waals surface area contributed by atoms with Crippen molar-refractivity contribution in [2.24, 2.45) is 17.8 Å². The molecule has 2 atom stereocenters. The van der Waals surface area contributed by atoms with Gasteiger partial charge in [0.25, 0.3) is 0 Å². The molecule has 2 rings (SSSR count). The SMILES string of the molecule is CC(C)C1CCC(=O)C(Cc2c(F)ccc(Br)c2F)C1. The van der Waals surface area contributed by atoms with Crippen LogP contribution in [0.2, 0.25) is 0 Å². The Balaban J connectivity index is 2.20. The summed E-state index contributed by atoms with van der Waals surface area (Å²) in [5.41, 5.74) is 0.0298. The summed E-state index contributed by atoms with van der Waals surface area (Å²) in [6.07, 6.45) is 2.34. The molecule has 1 saturated carbocycles. The first kappa shape index (κ1) is 15.6. The van der Waals surface area contributed by atoms with Gasteiger partial charge in [0.1, 0.15) is 17.4 Å². The van der Waals surface area contributed by atoms with E-state index in [0.29, 0.717) is 18.3 Å². The fraction of sp³-hybridized carbons (Fsp3) is 0.562. The molecule has 0 aliphatic heterocycles. The summed E-state index contributed by atoms with van der Waals surface area (Å²) in [5, 5.41) is 0. The Hall–Kier alpha value is -0.770. The zero-order valence-corrected chi connectivity index (χ0v) is 13.3. The van der Waals surface area contributed by atoms with Crippen LogP contribution in [0.15, 0.2) is 16.6 Å². The van der Waals surface area contributed by atoms with Gasteiger partial charge in [-0.3, -0.25) is 4.79 Å². The van der Waals surface area contributed by atoms with Crippen LogP contribution in [0.1, 0.15) is 38.7 Å². The topological polar surface area (TPSA) is 17.1 Å². The highest BCUT2D eigenvalue weighted by Crippen LogP contribution is 2.34. The van der Waals surface area contributed by atoms with Gasteiger partial charge >= 0.3 is 0 Å². The van der Waals surface area contributed by atoms with E-state index in [9.17, 15) is 13.6 Å². The van der Waals surface area contributed by atoms with E-state index in [1.54, 1.807) is 0 Å². The van der Waals surface area contributed by atoms with Crippen LogP contribution < -0.4 is 0 Å². The van der Waals surface area contributed by atoms with Crippen LogP contribution in [0.4, 0.5) is 8.78 Å². The Morgan fingerprint density at radius 1 is 1.35 bits per heavy atom. The average Bonchev–Trinajstić information content (AvgIpc) is 2.41. The first-order valence-corrected chi connectivity index (χ1v) is 7.84. The molecule has 1 aliphatic carbocycles. The van der Waals surface area contributed by atoms with E-state index in [-0.39, 0.29) is 28.2 Å². The van der Waals surface area contributed by atoms with Gasteiger partial charge in [-0.05, 0) is 59.2 Å². The van der Waals surface area contributed by atoms with Gasteiger partial charge in [0, 0.05) is 17.9 Å². The van der Waals surface area contributed by atoms with E-state index >= 15 is 0 Å². The molecule has 1 aromatic rings. The van der Waals surface area contributed by atoms with Gasteiger partial charge in [-0.15, -0.1) is 0 Å². The number of halogens is 3.